The second kappa shape index (κ2) is 9.06. The lowest BCUT2D eigenvalue weighted by atomic mass is 10.1. The molecule has 2 rings (SSSR count). The summed E-state index contributed by atoms with van der Waals surface area (Å²) in [5, 5.41) is 15.8. The molecule has 120 valence electrons. The minimum absolute atomic E-state index is 0.182. The number of halogens is 1. The number of hydrogen-bond donors (Lipinski definition) is 4. The number of carbonyl (C=O) groups is 2. The van der Waals surface area contributed by atoms with E-state index in [-0.39, 0.29) is 5.82 Å². The maximum absolute atomic E-state index is 13.4. The number of aromatic nitrogens is 1. The Morgan fingerprint density at radius 1 is 1.23 bits per heavy atom. The number of aryl methyl sites for hydroxylation is 1. The first kappa shape index (κ1) is 18.0. The highest BCUT2D eigenvalue weighted by Crippen LogP contribution is 2.21. The Hall–Kier alpha value is -2.06. The van der Waals surface area contributed by atoms with E-state index in [1.807, 2.05) is 24.0 Å². The first-order valence-electron chi connectivity index (χ1n) is 6.45. The van der Waals surface area contributed by atoms with Gasteiger partial charge in [0.15, 0.2) is 0 Å². The van der Waals surface area contributed by atoms with E-state index < -0.39 is 11.9 Å². The third-order valence-electron chi connectivity index (χ3n) is 2.71. The van der Waals surface area contributed by atoms with Gasteiger partial charge in [0.2, 0.25) is 0 Å². The number of H-pyrrole nitrogens is 1. The van der Waals surface area contributed by atoms with Crippen molar-refractivity contribution in [3.05, 3.63) is 35.8 Å². The van der Waals surface area contributed by atoms with E-state index >= 15 is 0 Å². The fourth-order valence-corrected chi connectivity index (χ4v) is 2.48. The van der Waals surface area contributed by atoms with Crippen molar-refractivity contribution >= 4 is 34.6 Å². The lowest BCUT2D eigenvalue weighted by Crippen LogP contribution is -2.09. The molecule has 0 spiro atoms. The topological polar surface area (TPSA) is 116 Å². The van der Waals surface area contributed by atoms with Crippen LogP contribution in [0.2, 0.25) is 0 Å². The molecule has 0 saturated carbocycles. The zero-order valence-electron chi connectivity index (χ0n) is 11.7. The number of nitrogens with two attached hydrogens (primary N) is 1. The van der Waals surface area contributed by atoms with Crippen LogP contribution >= 0.6 is 11.8 Å². The maximum atomic E-state index is 13.4. The third kappa shape index (κ3) is 5.38. The van der Waals surface area contributed by atoms with Crippen LogP contribution in [0.4, 0.5) is 4.39 Å². The second-order valence-electron chi connectivity index (χ2n) is 4.24. The van der Waals surface area contributed by atoms with E-state index in [1.165, 1.54) is 11.6 Å². The molecule has 1 aromatic carbocycles. The summed E-state index contributed by atoms with van der Waals surface area (Å²) >= 11 is 1.83. The molecule has 1 aromatic heterocycles. The number of rotatable bonds is 5. The van der Waals surface area contributed by atoms with Gasteiger partial charge in [-0.05, 0) is 23.8 Å². The van der Waals surface area contributed by atoms with E-state index in [0.717, 1.165) is 23.3 Å². The number of nitrogens with one attached hydrogen (secondary N) is 1. The number of aliphatic carboxylic acids is 2. The van der Waals surface area contributed by atoms with Gasteiger partial charge in [-0.2, -0.15) is 11.8 Å². The van der Waals surface area contributed by atoms with Gasteiger partial charge in [-0.3, -0.25) is 0 Å². The molecule has 0 fully saturated rings. The predicted molar refractivity (Wildman–Crippen MR) is 83.6 cm³/mol. The van der Waals surface area contributed by atoms with Crippen molar-refractivity contribution < 1.29 is 24.2 Å². The fraction of sp³-hybridized carbons (Fsp3) is 0.286. The quantitative estimate of drug-likeness (QED) is 0.490. The average Bonchev–Trinajstić information content (AvgIpc) is 2.89. The predicted octanol–water partition coefficient (Wildman–Crippen LogP) is 1.70. The van der Waals surface area contributed by atoms with Crippen LogP contribution < -0.4 is 5.73 Å². The molecule has 2 aromatic rings. The minimum Gasteiger partial charge on any atom is -0.473 e. The molecule has 0 aliphatic carbocycles. The molecule has 0 amide bonds. The molecule has 5 N–H and O–H groups in total. The Kier molecular flexibility index (Phi) is 7.41. The van der Waals surface area contributed by atoms with Crippen LogP contribution in [-0.4, -0.2) is 45.2 Å². The smallest absolute Gasteiger partial charge is 0.414 e. The van der Waals surface area contributed by atoms with Crippen LogP contribution in [0.1, 0.15) is 5.56 Å². The van der Waals surface area contributed by atoms with Crippen LogP contribution in [0.25, 0.3) is 10.9 Å². The number of fused-ring (bicyclic) bond motifs is 1. The molecule has 0 unspecified atom stereocenters. The minimum atomic E-state index is -1.82. The molecule has 0 saturated heterocycles. The standard InChI is InChI=1S/C12H15FN2S.C2H2O4/c13-11-3-1-2-10-9(8-15-12(10)11)4-6-16-7-5-14;3-1(4)2(5)6/h1-3,8,15H,4-7,14H2;(H,3,4)(H,5,6). The molecule has 0 atom stereocenters. The Balaban J connectivity index is 0.000000346. The van der Waals surface area contributed by atoms with Crippen molar-refractivity contribution in [2.75, 3.05) is 18.1 Å². The van der Waals surface area contributed by atoms with Gasteiger partial charge in [0, 0.05) is 23.9 Å². The third-order valence-corrected chi connectivity index (χ3v) is 3.73. The Morgan fingerprint density at radius 2 is 1.91 bits per heavy atom. The van der Waals surface area contributed by atoms with Gasteiger partial charge < -0.3 is 20.9 Å². The number of carboxylic acid groups (broad SMARTS) is 2. The van der Waals surface area contributed by atoms with E-state index in [4.69, 9.17) is 25.5 Å². The molecule has 0 aliphatic rings. The van der Waals surface area contributed by atoms with Crippen LogP contribution in [0.5, 0.6) is 0 Å². The zero-order valence-corrected chi connectivity index (χ0v) is 12.5. The number of benzene rings is 1. The monoisotopic (exact) mass is 328 g/mol. The van der Waals surface area contributed by atoms with E-state index in [0.29, 0.717) is 12.1 Å². The van der Waals surface area contributed by atoms with Crippen molar-refractivity contribution in [2.45, 2.75) is 6.42 Å². The maximum Gasteiger partial charge on any atom is 0.414 e. The largest absolute Gasteiger partial charge is 0.473 e. The van der Waals surface area contributed by atoms with Gasteiger partial charge in [0.1, 0.15) is 5.82 Å². The number of para-hydroxylation sites is 1. The van der Waals surface area contributed by atoms with Crippen molar-refractivity contribution in [3.8, 4) is 0 Å². The van der Waals surface area contributed by atoms with Crippen LogP contribution in [0.15, 0.2) is 24.4 Å². The molecular formula is C14H17FN2O4S. The highest BCUT2D eigenvalue weighted by atomic mass is 32.2. The molecule has 0 aliphatic heterocycles. The summed E-state index contributed by atoms with van der Waals surface area (Å²) in [6, 6.07) is 5.19. The summed E-state index contributed by atoms with van der Waals surface area (Å²) in [6.07, 6.45) is 2.85. The normalized spacial score (nSPS) is 10.1. The molecule has 8 heteroatoms. The average molecular weight is 328 g/mol. The summed E-state index contributed by atoms with van der Waals surface area (Å²) in [5.74, 6) is -1.82. The molecule has 6 nitrogen and oxygen atoms in total. The highest BCUT2D eigenvalue weighted by molar-refractivity contribution is 7.99. The van der Waals surface area contributed by atoms with E-state index in [2.05, 4.69) is 4.98 Å². The number of aromatic amines is 1. The van der Waals surface area contributed by atoms with Crippen molar-refractivity contribution in [3.63, 3.8) is 0 Å². The SMILES string of the molecule is NCCSCCc1c[nH]c2c(F)cccc12.O=C(O)C(=O)O. The van der Waals surface area contributed by atoms with Crippen LogP contribution in [-0.2, 0) is 16.0 Å². The van der Waals surface area contributed by atoms with Crippen LogP contribution in [0, 0.1) is 5.82 Å². The van der Waals surface area contributed by atoms with Crippen molar-refractivity contribution in [2.24, 2.45) is 5.73 Å². The lowest BCUT2D eigenvalue weighted by molar-refractivity contribution is -0.159. The van der Waals surface area contributed by atoms with Gasteiger partial charge >= 0.3 is 11.9 Å². The number of hydrogen-bond acceptors (Lipinski definition) is 4. The summed E-state index contributed by atoms with van der Waals surface area (Å²) in [5.41, 5.74) is 7.21. The molecule has 0 bridgehead atoms. The molecule has 1 heterocycles. The highest BCUT2D eigenvalue weighted by Gasteiger charge is 2.06. The van der Waals surface area contributed by atoms with Gasteiger partial charge in [-0.15, -0.1) is 0 Å². The summed E-state index contributed by atoms with van der Waals surface area (Å²) in [4.78, 5) is 21.2. The number of thioether (sulfide) groups is 1. The number of carboxylic acids is 2. The molecule has 22 heavy (non-hydrogen) atoms. The Morgan fingerprint density at radius 3 is 2.50 bits per heavy atom. The van der Waals surface area contributed by atoms with E-state index in [9.17, 15) is 4.39 Å². The zero-order chi connectivity index (χ0) is 16.5. The first-order chi connectivity index (χ1) is 10.5. The van der Waals surface area contributed by atoms with Crippen LogP contribution in [0.3, 0.4) is 0 Å². The second-order valence-corrected chi connectivity index (χ2v) is 5.46. The van der Waals surface area contributed by atoms with Crippen molar-refractivity contribution in [1.82, 2.24) is 4.98 Å². The van der Waals surface area contributed by atoms with Gasteiger partial charge in [-0.1, -0.05) is 12.1 Å². The van der Waals surface area contributed by atoms with Gasteiger partial charge in [0.05, 0.1) is 5.52 Å². The molecular weight excluding hydrogens is 311 g/mol. The summed E-state index contributed by atoms with van der Waals surface area (Å²) in [7, 11) is 0. The lowest BCUT2D eigenvalue weighted by Gasteiger charge is -1.99. The van der Waals surface area contributed by atoms with E-state index in [1.54, 1.807) is 6.07 Å². The van der Waals surface area contributed by atoms with Gasteiger partial charge in [-0.25, -0.2) is 14.0 Å². The first-order valence-corrected chi connectivity index (χ1v) is 7.61. The summed E-state index contributed by atoms with van der Waals surface area (Å²) in [6.45, 7) is 0.715. The Bertz CT molecular complexity index is 633. The van der Waals surface area contributed by atoms with Crippen molar-refractivity contribution in [1.29, 1.82) is 0 Å². The molecule has 0 radical (unpaired) electrons. The van der Waals surface area contributed by atoms with Gasteiger partial charge in [0.25, 0.3) is 0 Å². The Labute approximate surface area is 130 Å². The fourth-order valence-electron chi connectivity index (χ4n) is 1.75. The summed E-state index contributed by atoms with van der Waals surface area (Å²) < 4.78 is 13.4.